The molecule has 2 rings (SSSR count). The van der Waals surface area contributed by atoms with Crippen molar-refractivity contribution in [2.75, 3.05) is 7.11 Å². The molecular weight excluding hydrogens is 212 g/mol. The first-order chi connectivity index (χ1) is 8.16. The maximum absolute atomic E-state index is 11.9. The summed E-state index contributed by atoms with van der Waals surface area (Å²) in [5.74, 6) is 0.369. The summed E-state index contributed by atoms with van der Waals surface area (Å²) in [5.41, 5.74) is 1.03. The molecule has 0 aliphatic heterocycles. The molecule has 0 saturated heterocycles. The van der Waals surface area contributed by atoms with Crippen molar-refractivity contribution in [2.24, 2.45) is 11.3 Å². The molecule has 0 heterocycles. The van der Waals surface area contributed by atoms with Crippen LogP contribution in [0.5, 0.6) is 0 Å². The summed E-state index contributed by atoms with van der Waals surface area (Å²) in [6.45, 7) is 2.06. The zero-order valence-electron chi connectivity index (χ0n) is 10.6. The van der Waals surface area contributed by atoms with E-state index >= 15 is 0 Å². The van der Waals surface area contributed by atoms with Crippen LogP contribution in [0.2, 0.25) is 0 Å². The highest BCUT2D eigenvalue weighted by atomic mass is 16.5. The van der Waals surface area contributed by atoms with Crippen LogP contribution in [-0.4, -0.2) is 13.1 Å². The number of carbonyl (C=O) groups is 1. The van der Waals surface area contributed by atoms with Crippen LogP contribution in [0.1, 0.15) is 31.7 Å². The van der Waals surface area contributed by atoms with Gasteiger partial charge in [-0.05, 0) is 37.7 Å². The van der Waals surface area contributed by atoms with E-state index in [4.69, 9.17) is 4.74 Å². The van der Waals surface area contributed by atoms with Crippen molar-refractivity contribution in [2.45, 2.75) is 32.6 Å². The molecule has 0 N–H and O–H groups in total. The molecule has 2 unspecified atom stereocenters. The van der Waals surface area contributed by atoms with Crippen molar-refractivity contribution in [1.82, 2.24) is 0 Å². The van der Waals surface area contributed by atoms with Gasteiger partial charge in [0.2, 0.25) is 0 Å². The van der Waals surface area contributed by atoms with E-state index in [0.29, 0.717) is 5.92 Å². The lowest BCUT2D eigenvalue weighted by Crippen LogP contribution is -2.33. The maximum Gasteiger partial charge on any atom is 0.311 e. The molecule has 0 aromatic heterocycles. The topological polar surface area (TPSA) is 26.3 Å². The summed E-state index contributed by atoms with van der Waals surface area (Å²) in [7, 11) is 1.49. The molecule has 2 atom stereocenters. The minimum atomic E-state index is -0.287. The van der Waals surface area contributed by atoms with Gasteiger partial charge < -0.3 is 4.74 Å². The summed E-state index contributed by atoms with van der Waals surface area (Å²) in [6.07, 6.45) is 4.19. The quantitative estimate of drug-likeness (QED) is 0.748. The number of carbonyl (C=O) groups excluding carboxylic acids is 1. The predicted molar refractivity (Wildman–Crippen MR) is 67.6 cm³/mol. The van der Waals surface area contributed by atoms with Gasteiger partial charge in [0.1, 0.15) is 0 Å². The summed E-state index contributed by atoms with van der Waals surface area (Å²) >= 11 is 0. The molecule has 0 spiro atoms. The zero-order valence-corrected chi connectivity index (χ0v) is 10.6. The highest BCUT2D eigenvalue weighted by molar-refractivity contribution is 5.77. The highest BCUT2D eigenvalue weighted by Gasteiger charge is 2.45. The van der Waals surface area contributed by atoms with E-state index < -0.39 is 0 Å². The van der Waals surface area contributed by atoms with E-state index in [1.54, 1.807) is 0 Å². The van der Waals surface area contributed by atoms with Gasteiger partial charge in [-0.15, -0.1) is 0 Å². The third-order valence-electron chi connectivity index (χ3n) is 4.13. The fourth-order valence-corrected chi connectivity index (χ4v) is 2.97. The molecular formula is C15H20O2. The van der Waals surface area contributed by atoms with Gasteiger partial charge in [-0.2, -0.15) is 0 Å². The number of rotatable bonds is 3. The Hall–Kier alpha value is -1.31. The van der Waals surface area contributed by atoms with Crippen LogP contribution in [0.3, 0.4) is 0 Å². The molecule has 1 aromatic rings. The minimum Gasteiger partial charge on any atom is -0.469 e. The van der Waals surface area contributed by atoms with Gasteiger partial charge >= 0.3 is 5.97 Å². The van der Waals surface area contributed by atoms with Gasteiger partial charge in [-0.25, -0.2) is 0 Å². The molecule has 1 fully saturated rings. The second kappa shape index (κ2) is 4.91. The fourth-order valence-electron chi connectivity index (χ4n) is 2.97. The Morgan fingerprint density at radius 3 is 2.76 bits per heavy atom. The number of ether oxygens (including phenoxy) is 1. The minimum absolute atomic E-state index is 0.0454. The smallest absolute Gasteiger partial charge is 0.311 e. The summed E-state index contributed by atoms with van der Waals surface area (Å²) < 4.78 is 4.97. The Balaban J connectivity index is 2.13. The SMILES string of the molecule is COC(=O)C1(C)CCCC1Cc1ccccc1. The molecule has 1 aromatic carbocycles. The third-order valence-corrected chi connectivity index (χ3v) is 4.13. The van der Waals surface area contributed by atoms with Crippen LogP contribution in [-0.2, 0) is 16.0 Å². The van der Waals surface area contributed by atoms with Gasteiger partial charge in [-0.1, -0.05) is 36.8 Å². The van der Waals surface area contributed by atoms with E-state index in [1.165, 1.54) is 12.7 Å². The van der Waals surface area contributed by atoms with Crippen molar-refractivity contribution in [3.63, 3.8) is 0 Å². The number of methoxy groups -OCH3 is 1. The van der Waals surface area contributed by atoms with E-state index in [1.807, 2.05) is 6.07 Å². The summed E-state index contributed by atoms with van der Waals surface area (Å²) in [5, 5.41) is 0. The van der Waals surface area contributed by atoms with Crippen molar-refractivity contribution < 1.29 is 9.53 Å². The van der Waals surface area contributed by atoms with Crippen LogP contribution < -0.4 is 0 Å². The average molecular weight is 232 g/mol. The van der Waals surface area contributed by atoms with Crippen LogP contribution in [0, 0.1) is 11.3 Å². The van der Waals surface area contributed by atoms with Crippen molar-refractivity contribution in [3.05, 3.63) is 35.9 Å². The molecule has 0 bridgehead atoms. The molecule has 2 nitrogen and oxygen atoms in total. The monoisotopic (exact) mass is 232 g/mol. The molecule has 1 aliphatic rings. The lowest BCUT2D eigenvalue weighted by Gasteiger charge is -2.28. The first kappa shape index (κ1) is 12.2. The molecule has 2 heteroatoms. The van der Waals surface area contributed by atoms with Gasteiger partial charge in [-0.3, -0.25) is 4.79 Å². The largest absolute Gasteiger partial charge is 0.469 e. The second-order valence-corrected chi connectivity index (χ2v) is 5.19. The lowest BCUT2D eigenvalue weighted by atomic mass is 9.77. The third kappa shape index (κ3) is 2.36. The van der Waals surface area contributed by atoms with Crippen LogP contribution in [0.4, 0.5) is 0 Å². The number of hydrogen-bond acceptors (Lipinski definition) is 2. The highest BCUT2D eigenvalue weighted by Crippen LogP contribution is 2.45. The normalized spacial score (nSPS) is 28.0. The Morgan fingerprint density at radius 2 is 2.12 bits per heavy atom. The van der Waals surface area contributed by atoms with Gasteiger partial charge in [0.05, 0.1) is 12.5 Å². The van der Waals surface area contributed by atoms with Crippen LogP contribution >= 0.6 is 0 Å². The standard InChI is InChI=1S/C15H20O2/c1-15(14(16)17-2)10-6-9-13(15)11-12-7-4-3-5-8-12/h3-5,7-8,13H,6,9-11H2,1-2H3. The number of benzene rings is 1. The van der Waals surface area contributed by atoms with Crippen molar-refractivity contribution >= 4 is 5.97 Å². The van der Waals surface area contributed by atoms with Crippen molar-refractivity contribution in [3.8, 4) is 0 Å². The first-order valence-corrected chi connectivity index (χ1v) is 6.29. The molecule has 1 aliphatic carbocycles. The van der Waals surface area contributed by atoms with Gasteiger partial charge in [0.15, 0.2) is 0 Å². The maximum atomic E-state index is 11.9. The molecule has 0 radical (unpaired) electrons. The first-order valence-electron chi connectivity index (χ1n) is 6.29. The van der Waals surface area contributed by atoms with E-state index in [0.717, 1.165) is 25.7 Å². The average Bonchev–Trinajstić information content (AvgIpc) is 2.72. The summed E-state index contributed by atoms with van der Waals surface area (Å²) in [6, 6.07) is 10.4. The van der Waals surface area contributed by atoms with E-state index in [9.17, 15) is 4.79 Å². The Kier molecular flexibility index (Phi) is 3.51. The molecule has 0 amide bonds. The molecule has 1 saturated carbocycles. The van der Waals surface area contributed by atoms with E-state index in [2.05, 4.69) is 31.2 Å². The van der Waals surface area contributed by atoms with Gasteiger partial charge in [0.25, 0.3) is 0 Å². The van der Waals surface area contributed by atoms with Crippen molar-refractivity contribution in [1.29, 1.82) is 0 Å². The Morgan fingerprint density at radius 1 is 1.41 bits per heavy atom. The molecule has 17 heavy (non-hydrogen) atoms. The Labute approximate surface area is 103 Å². The number of hydrogen-bond donors (Lipinski definition) is 0. The Bertz CT molecular complexity index is 385. The predicted octanol–water partition coefficient (Wildman–Crippen LogP) is 3.21. The van der Waals surface area contributed by atoms with Crippen LogP contribution in [0.15, 0.2) is 30.3 Å². The fraction of sp³-hybridized carbons (Fsp3) is 0.533. The second-order valence-electron chi connectivity index (χ2n) is 5.19. The lowest BCUT2D eigenvalue weighted by molar-refractivity contribution is -0.153. The zero-order chi connectivity index (χ0) is 12.3. The van der Waals surface area contributed by atoms with Crippen LogP contribution in [0.25, 0.3) is 0 Å². The molecule has 92 valence electrons. The van der Waals surface area contributed by atoms with E-state index in [-0.39, 0.29) is 11.4 Å². The van der Waals surface area contributed by atoms with Gasteiger partial charge in [0, 0.05) is 0 Å². The number of esters is 1. The summed E-state index contributed by atoms with van der Waals surface area (Å²) in [4.78, 5) is 11.9.